The number of nitrogens with zero attached hydrogens (tertiary/aromatic N) is 2. The van der Waals surface area contributed by atoms with E-state index in [-0.39, 0.29) is 5.91 Å². The summed E-state index contributed by atoms with van der Waals surface area (Å²) in [5.74, 6) is 0.481. The van der Waals surface area contributed by atoms with Gasteiger partial charge in [-0.25, -0.2) is 9.66 Å². The van der Waals surface area contributed by atoms with Gasteiger partial charge in [0.25, 0.3) is 5.91 Å². The minimum Gasteiger partial charge on any atom is -0.496 e. The quantitative estimate of drug-likeness (QED) is 0.803. The Morgan fingerprint density at radius 3 is 2.86 bits per heavy atom. The minimum absolute atomic E-state index is 0.212. The maximum atomic E-state index is 12.3. The monoisotopic (exact) mass is 281 g/mol. The fraction of sp³-hybridized carbons (Fsp3) is 0.125. The lowest BCUT2D eigenvalue weighted by molar-refractivity contribution is 0.101. The maximum Gasteiger partial charge on any atom is 0.270 e. The molecule has 2 aromatic carbocycles. The van der Waals surface area contributed by atoms with Crippen LogP contribution in [0.2, 0.25) is 0 Å². The van der Waals surface area contributed by atoms with Crippen LogP contribution in [-0.2, 0) is 0 Å². The number of methoxy groups -OCH3 is 1. The van der Waals surface area contributed by atoms with E-state index in [1.807, 2.05) is 37.3 Å². The predicted molar refractivity (Wildman–Crippen MR) is 81.2 cm³/mol. The topological polar surface area (TPSA) is 56.1 Å². The number of aryl methyl sites for hydroxylation is 1. The number of para-hydroxylation sites is 2. The summed E-state index contributed by atoms with van der Waals surface area (Å²) < 4.78 is 6.86. The van der Waals surface area contributed by atoms with E-state index in [4.69, 9.17) is 4.74 Å². The highest BCUT2D eigenvalue weighted by atomic mass is 16.5. The molecule has 3 aromatic rings. The van der Waals surface area contributed by atoms with E-state index in [9.17, 15) is 4.79 Å². The number of benzene rings is 2. The summed E-state index contributed by atoms with van der Waals surface area (Å²) in [6.07, 6.45) is 1.59. The van der Waals surface area contributed by atoms with Crippen molar-refractivity contribution >= 4 is 16.9 Å². The van der Waals surface area contributed by atoms with E-state index in [0.717, 1.165) is 16.6 Å². The first kappa shape index (κ1) is 13.2. The van der Waals surface area contributed by atoms with Crippen LogP contribution in [0.5, 0.6) is 5.75 Å². The average molecular weight is 281 g/mol. The highest BCUT2D eigenvalue weighted by molar-refractivity contribution is 6.01. The predicted octanol–water partition coefficient (Wildman–Crippen LogP) is 2.74. The minimum atomic E-state index is -0.212. The molecular formula is C16H15N3O2. The van der Waals surface area contributed by atoms with Gasteiger partial charge < -0.3 is 4.74 Å². The Kier molecular flexibility index (Phi) is 3.31. The van der Waals surface area contributed by atoms with Crippen molar-refractivity contribution in [1.29, 1.82) is 0 Å². The Morgan fingerprint density at radius 1 is 1.24 bits per heavy atom. The van der Waals surface area contributed by atoms with E-state index in [1.54, 1.807) is 30.2 Å². The molecular weight excluding hydrogens is 266 g/mol. The summed E-state index contributed by atoms with van der Waals surface area (Å²) in [7, 11) is 1.59. The van der Waals surface area contributed by atoms with Crippen LogP contribution < -0.4 is 10.2 Å². The summed E-state index contributed by atoms with van der Waals surface area (Å²) in [6, 6.07) is 13.0. The molecule has 0 aliphatic rings. The number of amides is 1. The molecule has 0 saturated heterocycles. The molecule has 1 heterocycles. The molecule has 0 saturated carbocycles. The largest absolute Gasteiger partial charge is 0.496 e. The fourth-order valence-electron chi connectivity index (χ4n) is 2.18. The molecule has 0 radical (unpaired) electrons. The van der Waals surface area contributed by atoms with E-state index in [2.05, 4.69) is 10.4 Å². The second-order valence-electron chi connectivity index (χ2n) is 4.73. The van der Waals surface area contributed by atoms with Crippen LogP contribution in [-0.4, -0.2) is 22.7 Å². The molecule has 0 fully saturated rings. The lowest BCUT2D eigenvalue weighted by Crippen LogP contribution is -2.22. The average Bonchev–Trinajstić information content (AvgIpc) is 2.91. The van der Waals surface area contributed by atoms with Gasteiger partial charge in [0, 0.05) is 5.56 Å². The first-order valence-electron chi connectivity index (χ1n) is 6.57. The van der Waals surface area contributed by atoms with Crippen molar-refractivity contribution in [3.63, 3.8) is 0 Å². The molecule has 1 N–H and O–H groups in total. The number of fused-ring (bicyclic) bond motifs is 1. The van der Waals surface area contributed by atoms with Crippen LogP contribution in [0.3, 0.4) is 0 Å². The zero-order valence-electron chi connectivity index (χ0n) is 11.8. The summed E-state index contributed by atoms with van der Waals surface area (Å²) in [5.41, 5.74) is 6.02. The van der Waals surface area contributed by atoms with Gasteiger partial charge in [-0.1, -0.05) is 18.2 Å². The van der Waals surface area contributed by atoms with Crippen LogP contribution in [0.15, 0.2) is 48.8 Å². The van der Waals surface area contributed by atoms with Crippen molar-refractivity contribution in [3.05, 3.63) is 59.9 Å². The van der Waals surface area contributed by atoms with Crippen LogP contribution in [0.25, 0.3) is 11.0 Å². The Morgan fingerprint density at radius 2 is 2.05 bits per heavy atom. The van der Waals surface area contributed by atoms with E-state index in [1.165, 1.54) is 0 Å². The Bertz CT molecular complexity index is 808. The first-order valence-corrected chi connectivity index (χ1v) is 6.57. The summed E-state index contributed by atoms with van der Waals surface area (Å²) >= 11 is 0. The van der Waals surface area contributed by atoms with Gasteiger partial charge in [0.05, 0.1) is 18.1 Å². The van der Waals surface area contributed by atoms with Gasteiger partial charge in [0.2, 0.25) is 0 Å². The number of nitrogens with one attached hydrogen (secondary N) is 1. The zero-order valence-corrected chi connectivity index (χ0v) is 11.8. The Balaban J connectivity index is 1.89. The number of carbonyl (C=O) groups excluding carboxylic acids is 1. The number of ether oxygens (including phenoxy) is 1. The molecule has 5 heteroatoms. The van der Waals surface area contributed by atoms with E-state index >= 15 is 0 Å². The van der Waals surface area contributed by atoms with Gasteiger partial charge in [0.1, 0.15) is 12.1 Å². The van der Waals surface area contributed by atoms with Crippen LogP contribution >= 0.6 is 0 Å². The zero-order chi connectivity index (χ0) is 14.8. The van der Waals surface area contributed by atoms with E-state index < -0.39 is 0 Å². The number of aromatic nitrogens is 2. The number of hydrogen-bond donors (Lipinski definition) is 1. The molecule has 3 rings (SSSR count). The van der Waals surface area contributed by atoms with Crippen molar-refractivity contribution in [2.45, 2.75) is 6.92 Å². The highest BCUT2D eigenvalue weighted by Gasteiger charge is 2.10. The molecule has 0 bridgehead atoms. The van der Waals surface area contributed by atoms with Gasteiger partial charge in [0.15, 0.2) is 0 Å². The number of carbonyl (C=O) groups is 1. The summed E-state index contributed by atoms with van der Waals surface area (Å²) in [6.45, 7) is 1.93. The van der Waals surface area contributed by atoms with Crippen molar-refractivity contribution in [1.82, 2.24) is 9.66 Å². The van der Waals surface area contributed by atoms with Gasteiger partial charge in [-0.3, -0.25) is 10.2 Å². The van der Waals surface area contributed by atoms with Crippen molar-refractivity contribution in [3.8, 4) is 5.75 Å². The molecule has 5 nitrogen and oxygen atoms in total. The smallest absolute Gasteiger partial charge is 0.270 e. The van der Waals surface area contributed by atoms with Crippen LogP contribution in [0, 0.1) is 6.92 Å². The summed E-state index contributed by atoms with van der Waals surface area (Å²) in [4.78, 5) is 16.6. The molecule has 0 spiro atoms. The molecule has 1 aromatic heterocycles. The van der Waals surface area contributed by atoms with E-state index in [0.29, 0.717) is 11.3 Å². The SMILES string of the molecule is COc1cc(C(=O)Nn2cnc3ccccc32)ccc1C. The lowest BCUT2D eigenvalue weighted by Gasteiger charge is -2.09. The number of imidazole rings is 1. The Labute approximate surface area is 122 Å². The maximum absolute atomic E-state index is 12.3. The first-order chi connectivity index (χ1) is 10.2. The molecule has 0 aliphatic heterocycles. The van der Waals surface area contributed by atoms with Gasteiger partial charge in [-0.15, -0.1) is 0 Å². The molecule has 0 unspecified atom stereocenters. The Hall–Kier alpha value is -2.82. The van der Waals surface area contributed by atoms with Crippen molar-refractivity contribution in [2.75, 3.05) is 12.5 Å². The molecule has 21 heavy (non-hydrogen) atoms. The lowest BCUT2D eigenvalue weighted by atomic mass is 10.1. The molecule has 0 atom stereocenters. The molecule has 106 valence electrons. The normalized spacial score (nSPS) is 10.6. The number of hydrogen-bond acceptors (Lipinski definition) is 3. The third-order valence-electron chi connectivity index (χ3n) is 3.35. The molecule has 0 aliphatic carbocycles. The fourth-order valence-corrected chi connectivity index (χ4v) is 2.18. The van der Waals surface area contributed by atoms with Gasteiger partial charge in [-0.2, -0.15) is 0 Å². The third-order valence-corrected chi connectivity index (χ3v) is 3.35. The highest BCUT2D eigenvalue weighted by Crippen LogP contribution is 2.19. The van der Waals surface area contributed by atoms with Crippen LogP contribution in [0.4, 0.5) is 0 Å². The van der Waals surface area contributed by atoms with Crippen molar-refractivity contribution in [2.24, 2.45) is 0 Å². The number of rotatable bonds is 3. The standard InChI is InChI=1S/C16H15N3O2/c1-11-7-8-12(9-15(11)21-2)16(20)18-19-10-17-13-5-3-4-6-14(13)19/h3-10H,1-2H3,(H,18,20). The second-order valence-corrected chi connectivity index (χ2v) is 4.73. The van der Waals surface area contributed by atoms with Crippen molar-refractivity contribution < 1.29 is 9.53 Å². The van der Waals surface area contributed by atoms with Gasteiger partial charge in [-0.05, 0) is 36.8 Å². The molecule has 1 amide bonds. The van der Waals surface area contributed by atoms with Crippen LogP contribution in [0.1, 0.15) is 15.9 Å². The third kappa shape index (κ3) is 2.45. The van der Waals surface area contributed by atoms with Gasteiger partial charge >= 0.3 is 0 Å². The summed E-state index contributed by atoms with van der Waals surface area (Å²) in [5, 5.41) is 0. The second kappa shape index (κ2) is 5.28.